The van der Waals surface area contributed by atoms with Crippen LogP contribution in [-0.2, 0) is 9.53 Å². The summed E-state index contributed by atoms with van der Waals surface area (Å²) in [6.07, 6.45) is 2.10. The van der Waals surface area contributed by atoms with Crippen LogP contribution < -0.4 is 0 Å². The minimum absolute atomic E-state index is 0.0159. The zero-order chi connectivity index (χ0) is 10.6. The summed E-state index contributed by atoms with van der Waals surface area (Å²) in [5.41, 5.74) is 0. The molecule has 3 heteroatoms. The Labute approximate surface area is 86.4 Å². The van der Waals surface area contributed by atoms with E-state index in [4.69, 9.17) is 4.74 Å². The molecule has 0 unspecified atom stereocenters. The normalized spacial score (nSPS) is 23.9. The molecule has 14 heavy (non-hydrogen) atoms. The summed E-state index contributed by atoms with van der Waals surface area (Å²) < 4.78 is 5.04. The van der Waals surface area contributed by atoms with Crippen LogP contribution in [0, 0.1) is 5.92 Å². The van der Waals surface area contributed by atoms with Gasteiger partial charge < -0.3 is 9.64 Å². The number of likely N-dealkylation sites (tertiary alicyclic amines) is 1. The lowest BCUT2D eigenvalue weighted by molar-refractivity contribution is -0.150. The van der Waals surface area contributed by atoms with Crippen LogP contribution in [-0.4, -0.2) is 36.6 Å². The Morgan fingerprint density at radius 3 is 2.86 bits per heavy atom. The molecule has 1 aliphatic heterocycles. The molecule has 0 aromatic heterocycles. The summed E-state index contributed by atoms with van der Waals surface area (Å²) in [5.74, 6) is 0.0870. The largest absolute Gasteiger partial charge is 0.466 e. The second kappa shape index (κ2) is 5.35. The Morgan fingerprint density at radius 2 is 2.29 bits per heavy atom. The number of piperidine rings is 1. The number of ether oxygens (including phenoxy) is 1. The monoisotopic (exact) mass is 199 g/mol. The first-order chi connectivity index (χ1) is 6.65. The quantitative estimate of drug-likeness (QED) is 0.648. The summed E-state index contributed by atoms with van der Waals surface area (Å²) in [4.78, 5) is 13.9. The van der Waals surface area contributed by atoms with E-state index in [2.05, 4.69) is 18.7 Å². The van der Waals surface area contributed by atoms with Crippen LogP contribution in [0.2, 0.25) is 0 Å². The van der Waals surface area contributed by atoms with Crippen molar-refractivity contribution in [3.8, 4) is 0 Å². The van der Waals surface area contributed by atoms with E-state index >= 15 is 0 Å². The van der Waals surface area contributed by atoms with E-state index in [9.17, 15) is 4.79 Å². The molecule has 1 rings (SSSR count). The third-order valence-electron chi connectivity index (χ3n) is 2.80. The topological polar surface area (TPSA) is 29.5 Å². The fourth-order valence-electron chi connectivity index (χ4n) is 1.93. The third-order valence-corrected chi connectivity index (χ3v) is 2.80. The highest BCUT2D eigenvalue weighted by atomic mass is 16.5. The van der Waals surface area contributed by atoms with Crippen molar-refractivity contribution < 1.29 is 9.53 Å². The average molecular weight is 199 g/mol. The van der Waals surface area contributed by atoms with Gasteiger partial charge in [-0.15, -0.1) is 0 Å². The van der Waals surface area contributed by atoms with Gasteiger partial charge in [-0.3, -0.25) is 4.79 Å². The summed E-state index contributed by atoms with van der Waals surface area (Å²) in [6, 6.07) is 0.534. The summed E-state index contributed by atoms with van der Waals surface area (Å²) in [5, 5.41) is 0. The highest BCUT2D eigenvalue weighted by Crippen LogP contribution is 2.19. The van der Waals surface area contributed by atoms with Gasteiger partial charge in [0, 0.05) is 12.6 Å². The second-order valence-corrected chi connectivity index (χ2v) is 4.18. The lowest BCUT2D eigenvalue weighted by Gasteiger charge is -2.34. The van der Waals surface area contributed by atoms with Crippen LogP contribution in [0.1, 0.15) is 33.6 Å². The standard InChI is InChI=1S/C11H21NO2/c1-4-14-11(13)10-6-5-7-12(8-10)9(2)3/h9-10H,4-8H2,1-3H3/t10-/m0/s1. The molecule has 1 atom stereocenters. The molecule has 0 N–H and O–H groups in total. The van der Waals surface area contributed by atoms with E-state index in [1.54, 1.807) is 0 Å². The number of carbonyl (C=O) groups is 1. The maximum atomic E-state index is 11.5. The molecular weight excluding hydrogens is 178 g/mol. The first-order valence-electron chi connectivity index (χ1n) is 5.55. The van der Waals surface area contributed by atoms with Crippen molar-refractivity contribution >= 4 is 5.97 Å². The predicted octanol–water partition coefficient (Wildman–Crippen LogP) is 1.67. The number of carbonyl (C=O) groups excluding carboxylic acids is 1. The van der Waals surface area contributed by atoms with Crippen molar-refractivity contribution in [3.05, 3.63) is 0 Å². The molecule has 0 saturated carbocycles. The first kappa shape index (κ1) is 11.5. The van der Waals surface area contributed by atoms with Gasteiger partial charge in [0.2, 0.25) is 0 Å². The van der Waals surface area contributed by atoms with E-state index in [0.717, 1.165) is 25.9 Å². The maximum Gasteiger partial charge on any atom is 0.310 e. The molecule has 1 saturated heterocycles. The molecule has 0 radical (unpaired) electrons. The molecule has 0 amide bonds. The van der Waals surface area contributed by atoms with Crippen molar-refractivity contribution in [3.63, 3.8) is 0 Å². The lowest BCUT2D eigenvalue weighted by Crippen LogP contribution is -2.42. The van der Waals surface area contributed by atoms with Gasteiger partial charge >= 0.3 is 5.97 Å². The molecule has 0 bridgehead atoms. The number of rotatable bonds is 3. The van der Waals surface area contributed by atoms with E-state index < -0.39 is 0 Å². The number of nitrogens with zero attached hydrogens (tertiary/aromatic N) is 1. The van der Waals surface area contributed by atoms with Crippen LogP contribution in [0.4, 0.5) is 0 Å². The van der Waals surface area contributed by atoms with Gasteiger partial charge in [0.15, 0.2) is 0 Å². The van der Waals surface area contributed by atoms with Crippen molar-refractivity contribution in [1.29, 1.82) is 0 Å². The molecule has 0 aromatic carbocycles. The summed E-state index contributed by atoms with van der Waals surface area (Å²) in [7, 11) is 0. The van der Waals surface area contributed by atoms with Gasteiger partial charge in [-0.25, -0.2) is 0 Å². The van der Waals surface area contributed by atoms with Crippen LogP contribution in [0.25, 0.3) is 0 Å². The Kier molecular flexibility index (Phi) is 4.39. The maximum absolute atomic E-state index is 11.5. The van der Waals surface area contributed by atoms with Crippen molar-refractivity contribution in [2.75, 3.05) is 19.7 Å². The van der Waals surface area contributed by atoms with Gasteiger partial charge in [0.05, 0.1) is 12.5 Å². The summed E-state index contributed by atoms with van der Waals surface area (Å²) >= 11 is 0. The van der Waals surface area contributed by atoms with Crippen LogP contribution >= 0.6 is 0 Å². The Hall–Kier alpha value is -0.570. The molecule has 0 spiro atoms. The van der Waals surface area contributed by atoms with Crippen molar-refractivity contribution in [1.82, 2.24) is 4.90 Å². The summed E-state index contributed by atoms with van der Waals surface area (Å²) in [6.45, 7) is 8.70. The van der Waals surface area contributed by atoms with Crippen LogP contribution in [0.5, 0.6) is 0 Å². The average Bonchev–Trinajstić information content (AvgIpc) is 2.18. The third kappa shape index (κ3) is 2.98. The minimum atomic E-state index is -0.0159. The molecule has 0 aliphatic carbocycles. The smallest absolute Gasteiger partial charge is 0.310 e. The fraction of sp³-hybridized carbons (Fsp3) is 0.909. The molecule has 1 fully saturated rings. The van der Waals surface area contributed by atoms with Gasteiger partial charge in [-0.05, 0) is 40.2 Å². The van der Waals surface area contributed by atoms with Gasteiger partial charge in [-0.2, -0.15) is 0 Å². The minimum Gasteiger partial charge on any atom is -0.466 e. The Bertz CT molecular complexity index is 192. The van der Waals surface area contributed by atoms with Gasteiger partial charge in [-0.1, -0.05) is 0 Å². The zero-order valence-corrected chi connectivity index (χ0v) is 9.45. The van der Waals surface area contributed by atoms with Gasteiger partial charge in [0.1, 0.15) is 0 Å². The first-order valence-corrected chi connectivity index (χ1v) is 5.55. The molecule has 0 aromatic rings. The SMILES string of the molecule is CCOC(=O)[C@H]1CCCN(C(C)C)C1. The zero-order valence-electron chi connectivity index (χ0n) is 9.45. The van der Waals surface area contributed by atoms with Crippen molar-refractivity contribution in [2.24, 2.45) is 5.92 Å². The molecular formula is C11H21NO2. The lowest BCUT2D eigenvalue weighted by atomic mass is 9.97. The molecule has 82 valence electrons. The van der Waals surface area contributed by atoms with E-state index in [1.807, 2.05) is 6.92 Å². The molecule has 1 aliphatic rings. The Balaban J connectivity index is 2.43. The fourth-order valence-corrected chi connectivity index (χ4v) is 1.93. The Morgan fingerprint density at radius 1 is 1.57 bits per heavy atom. The number of hydrogen-bond acceptors (Lipinski definition) is 3. The number of esters is 1. The van der Waals surface area contributed by atoms with E-state index in [0.29, 0.717) is 12.6 Å². The number of hydrogen-bond donors (Lipinski definition) is 0. The van der Waals surface area contributed by atoms with E-state index in [-0.39, 0.29) is 11.9 Å². The molecule has 3 nitrogen and oxygen atoms in total. The predicted molar refractivity (Wildman–Crippen MR) is 56.1 cm³/mol. The molecule has 1 heterocycles. The van der Waals surface area contributed by atoms with Gasteiger partial charge in [0.25, 0.3) is 0 Å². The highest BCUT2D eigenvalue weighted by Gasteiger charge is 2.27. The van der Waals surface area contributed by atoms with E-state index in [1.165, 1.54) is 0 Å². The van der Waals surface area contributed by atoms with Crippen LogP contribution in [0.15, 0.2) is 0 Å². The highest BCUT2D eigenvalue weighted by molar-refractivity contribution is 5.72. The van der Waals surface area contributed by atoms with Crippen LogP contribution in [0.3, 0.4) is 0 Å². The van der Waals surface area contributed by atoms with Crippen molar-refractivity contribution in [2.45, 2.75) is 39.7 Å². The second-order valence-electron chi connectivity index (χ2n) is 4.18.